The summed E-state index contributed by atoms with van der Waals surface area (Å²) in [6.45, 7) is 0. The number of fused-ring (bicyclic) bond motifs is 2. The molecule has 0 unspecified atom stereocenters. The zero-order valence-corrected chi connectivity index (χ0v) is 19.7. The Kier molecular flexibility index (Phi) is 4.03. The van der Waals surface area contributed by atoms with Gasteiger partial charge in [0.1, 0.15) is 0 Å². The molecule has 0 aliphatic carbocycles. The maximum Gasteiger partial charge on any atom is -0.00197 e. The van der Waals surface area contributed by atoms with E-state index >= 15 is 0 Å². The maximum atomic E-state index is 2.42. The first kappa shape index (κ1) is 19.6. The Labute approximate surface area is 209 Å². The van der Waals surface area contributed by atoms with Crippen molar-refractivity contribution in [3.8, 4) is 22.3 Å². The minimum atomic E-state index is 1.27. The van der Waals surface area contributed by atoms with E-state index in [1.807, 2.05) is 0 Å². The Bertz CT molecular complexity index is 2070. The van der Waals surface area contributed by atoms with Crippen molar-refractivity contribution in [3.05, 3.63) is 133 Å². The summed E-state index contributed by atoms with van der Waals surface area (Å²) >= 11 is 0. The summed E-state index contributed by atoms with van der Waals surface area (Å²) in [5, 5.41) is 13.0. The predicted molar refractivity (Wildman–Crippen MR) is 156 cm³/mol. The van der Waals surface area contributed by atoms with Gasteiger partial charge in [0.2, 0.25) is 0 Å². The van der Waals surface area contributed by atoms with Gasteiger partial charge in [0.15, 0.2) is 0 Å². The van der Waals surface area contributed by atoms with Crippen LogP contribution in [-0.4, -0.2) is 0 Å². The molecule has 0 saturated heterocycles. The van der Waals surface area contributed by atoms with Gasteiger partial charge in [0, 0.05) is 0 Å². The summed E-state index contributed by atoms with van der Waals surface area (Å²) in [7, 11) is 0. The zero-order chi connectivity index (χ0) is 23.6. The average molecular weight is 455 g/mol. The van der Waals surface area contributed by atoms with Crippen LogP contribution in [0.3, 0.4) is 0 Å². The first-order chi connectivity index (χ1) is 17.9. The normalized spacial score (nSPS) is 11.9. The van der Waals surface area contributed by atoms with E-state index in [0.29, 0.717) is 0 Å². The lowest BCUT2D eigenvalue weighted by atomic mass is 9.83. The van der Waals surface area contributed by atoms with Crippen molar-refractivity contribution in [3.63, 3.8) is 0 Å². The van der Waals surface area contributed by atoms with Gasteiger partial charge in [-0.15, -0.1) is 0 Å². The van der Waals surface area contributed by atoms with Crippen LogP contribution in [0.5, 0.6) is 0 Å². The van der Waals surface area contributed by atoms with E-state index in [2.05, 4.69) is 133 Å². The molecule has 0 aliphatic heterocycles. The van der Waals surface area contributed by atoms with Crippen LogP contribution in [0.15, 0.2) is 133 Å². The van der Waals surface area contributed by atoms with Gasteiger partial charge in [0.05, 0.1) is 0 Å². The van der Waals surface area contributed by atoms with Gasteiger partial charge in [-0.2, -0.15) is 0 Å². The lowest BCUT2D eigenvalue weighted by molar-refractivity contribution is 1.66. The first-order valence-corrected chi connectivity index (χ1v) is 12.5. The van der Waals surface area contributed by atoms with Gasteiger partial charge in [-0.05, 0) is 82.2 Å². The van der Waals surface area contributed by atoms with Crippen molar-refractivity contribution in [2.75, 3.05) is 0 Å². The van der Waals surface area contributed by atoms with Crippen molar-refractivity contribution in [1.82, 2.24) is 0 Å². The molecule has 0 radical (unpaired) electrons. The SMILES string of the molecule is c1ccc2c(-c3cc4ccc5cccc6ccc(c3-c3cccc7ccccc37)c4c56)cccc2c1. The van der Waals surface area contributed by atoms with Gasteiger partial charge in [-0.25, -0.2) is 0 Å². The third-order valence-corrected chi connectivity index (χ3v) is 7.79. The highest BCUT2D eigenvalue weighted by atomic mass is 14.2. The number of rotatable bonds is 2. The second-order valence-corrected chi connectivity index (χ2v) is 9.71. The van der Waals surface area contributed by atoms with Crippen molar-refractivity contribution >= 4 is 53.9 Å². The summed E-state index contributed by atoms with van der Waals surface area (Å²) in [6, 6.07) is 49.1. The van der Waals surface area contributed by atoms with Crippen molar-refractivity contribution in [1.29, 1.82) is 0 Å². The molecule has 0 nitrogen and oxygen atoms in total. The standard InChI is InChI=1S/C36H22/c1-3-14-28-23(8-1)10-6-16-30(28)33-22-27-19-18-25-12-5-13-26-20-21-32(35(27)34(25)26)36(33)31-17-7-11-24-9-2-4-15-29(24)31/h1-22H. The molecule has 0 aliphatic rings. The molecule has 0 heterocycles. The highest BCUT2D eigenvalue weighted by molar-refractivity contribution is 6.28. The van der Waals surface area contributed by atoms with Gasteiger partial charge in [0.25, 0.3) is 0 Å². The van der Waals surface area contributed by atoms with Crippen LogP contribution in [0.4, 0.5) is 0 Å². The Morgan fingerprint density at radius 1 is 0.278 bits per heavy atom. The van der Waals surface area contributed by atoms with Crippen molar-refractivity contribution < 1.29 is 0 Å². The van der Waals surface area contributed by atoms with E-state index < -0.39 is 0 Å². The third kappa shape index (κ3) is 2.70. The number of hydrogen-bond donors (Lipinski definition) is 0. The van der Waals surface area contributed by atoms with Gasteiger partial charge < -0.3 is 0 Å². The van der Waals surface area contributed by atoms with Crippen LogP contribution in [-0.2, 0) is 0 Å². The van der Waals surface area contributed by atoms with Gasteiger partial charge >= 0.3 is 0 Å². The van der Waals surface area contributed by atoms with E-state index in [1.54, 1.807) is 0 Å². The van der Waals surface area contributed by atoms with Gasteiger partial charge in [-0.1, -0.05) is 127 Å². The summed E-state index contributed by atoms with van der Waals surface area (Å²) in [5.41, 5.74) is 5.17. The molecule has 0 atom stereocenters. The Hall–Kier alpha value is -4.68. The lowest BCUT2D eigenvalue weighted by Crippen LogP contribution is -1.93. The fourth-order valence-electron chi connectivity index (χ4n) is 6.22. The number of hydrogen-bond acceptors (Lipinski definition) is 0. The van der Waals surface area contributed by atoms with Crippen LogP contribution in [0.2, 0.25) is 0 Å². The molecule has 0 spiro atoms. The monoisotopic (exact) mass is 454 g/mol. The molecule has 0 amide bonds. The van der Waals surface area contributed by atoms with E-state index in [-0.39, 0.29) is 0 Å². The van der Waals surface area contributed by atoms with Crippen molar-refractivity contribution in [2.24, 2.45) is 0 Å². The molecule has 0 saturated carbocycles. The molecule has 0 aromatic heterocycles. The Morgan fingerprint density at radius 3 is 1.56 bits per heavy atom. The fraction of sp³-hybridized carbons (Fsp3) is 0. The first-order valence-electron chi connectivity index (χ1n) is 12.5. The molecule has 8 aromatic rings. The average Bonchev–Trinajstić information content (AvgIpc) is 2.95. The third-order valence-electron chi connectivity index (χ3n) is 7.79. The molecule has 0 N–H and O–H groups in total. The van der Waals surface area contributed by atoms with Gasteiger partial charge in [-0.3, -0.25) is 0 Å². The smallest absolute Gasteiger partial charge is 0.00197 e. The molecule has 8 aromatic carbocycles. The minimum absolute atomic E-state index is 1.27. The summed E-state index contributed by atoms with van der Waals surface area (Å²) in [5.74, 6) is 0. The maximum absolute atomic E-state index is 2.42. The van der Waals surface area contributed by atoms with Crippen molar-refractivity contribution in [2.45, 2.75) is 0 Å². The van der Waals surface area contributed by atoms with Crippen LogP contribution >= 0.6 is 0 Å². The number of benzene rings is 8. The molecular formula is C36H22. The van der Waals surface area contributed by atoms with E-state index in [4.69, 9.17) is 0 Å². The summed E-state index contributed by atoms with van der Waals surface area (Å²) < 4.78 is 0. The molecule has 0 bridgehead atoms. The summed E-state index contributed by atoms with van der Waals surface area (Å²) in [4.78, 5) is 0. The molecule has 166 valence electrons. The van der Waals surface area contributed by atoms with Crippen LogP contribution in [0.1, 0.15) is 0 Å². The fourth-order valence-corrected chi connectivity index (χ4v) is 6.22. The highest BCUT2D eigenvalue weighted by Gasteiger charge is 2.19. The van der Waals surface area contributed by atoms with Crippen LogP contribution in [0, 0.1) is 0 Å². The lowest BCUT2D eigenvalue weighted by Gasteiger charge is -2.20. The zero-order valence-electron chi connectivity index (χ0n) is 19.7. The topological polar surface area (TPSA) is 0 Å². The molecule has 0 fully saturated rings. The minimum Gasteiger partial charge on any atom is -0.0616 e. The van der Waals surface area contributed by atoms with E-state index in [1.165, 1.54) is 76.1 Å². The van der Waals surface area contributed by atoms with Crippen LogP contribution < -0.4 is 0 Å². The van der Waals surface area contributed by atoms with E-state index in [0.717, 1.165) is 0 Å². The molecule has 8 rings (SSSR count). The molecule has 0 heteroatoms. The second-order valence-electron chi connectivity index (χ2n) is 9.71. The summed E-state index contributed by atoms with van der Waals surface area (Å²) in [6.07, 6.45) is 0. The van der Waals surface area contributed by atoms with Crippen LogP contribution in [0.25, 0.3) is 76.1 Å². The molecular weight excluding hydrogens is 432 g/mol. The highest BCUT2D eigenvalue weighted by Crippen LogP contribution is 2.47. The van der Waals surface area contributed by atoms with E-state index in [9.17, 15) is 0 Å². The quantitative estimate of drug-likeness (QED) is 0.228. The largest absolute Gasteiger partial charge is 0.0616 e. The predicted octanol–water partition coefficient (Wildman–Crippen LogP) is 10.2. The Balaban J connectivity index is 1.63. The molecule has 36 heavy (non-hydrogen) atoms. The Morgan fingerprint density at radius 2 is 0.806 bits per heavy atom. The second kappa shape index (κ2) is 7.41.